The Bertz CT molecular complexity index is 920. The second-order valence-electron chi connectivity index (χ2n) is 6.52. The minimum Gasteiger partial charge on any atom is -0.493 e. The Kier molecular flexibility index (Phi) is 5.23. The monoisotopic (exact) mass is 382 g/mol. The highest BCUT2D eigenvalue weighted by atomic mass is 35.5. The maximum Gasteiger partial charge on any atom is 0.130 e. The highest BCUT2D eigenvalue weighted by molar-refractivity contribution is 6.29. The third kappa shape index (κ3) is 4.21. The lowest BCUT2D eigenvalue weighted by molar-refractivity contribution is 0.0504. The number of aromatic nitrogens is 2. The van der Waals surface area contributed by atoms with Gasteiger partial charge >= 0.3 is 0 Å². The molecule has 5 nitrogen and oxygen atoms in total. The summed E-state index contributed by atoms with van der Waals surface area (Å²) < 4.78 is 11.7. The molecule has 1 aromatic carbocycles. The number of ether oxygens (including phenoxy) is 2. The van der Waals surface area contributed by atoms with Gasteiger partial charge in [-0.3, -0.25) is 4.98 Å². The van der Waals surface area contributed by atoms with Gasteiger partial charge in [0.25, 0.3) is 0 Å². The van der Waals surface area contributed by atoms with Crippen LogP contribution >= 0.6 is 11.6 Å². The summed E-state index contributed by atoms with van der Waals surface area (Å²) in [6, 6.07) is 14.8. The van der Waals surface area contributed by atoms with Crippen molar-refractivity contribution in [3.63, 3.8) is 0 Å². The molecule has 0 saturated carbocycles. The average molecular weight is 383 g/mol. The Balaban J connectivity index is 1.47. The Morgan fingerprint density at radius 1 is 1.19 bits per heavy atom. The Hall–Kier alpha value is -2.63. The van der Waals surface area contributed by atoms with Gasteiger partial charge in [-0.1, -0.05) is 23.7 Å². The summed E-state index contributed by atoms with van der Waals surface area (Å²) in [7, 11) is 0. The van der Waals surface area contributed by atoms with E-state index in [0.29, 0.717) is 36.3 Å². The van der Waals surface area contributed by atoms with E-state index in [0.717, 1.165) is 16.8 Å². The predicted molar refractivity (Wildman–Crippen MR) is 102 cm³/mol. The molecule has 2 unspecified atom stereocenters. The molecule has 0 fully saturated rings. The fraction of sp³-hybridized carbons (Fsp3) is 0.238. The molecule has 2 aromatic heterocycles. The largest absolute Gasteiger partial charge is 0.493 e. The fourth-order valence-electron chi connectivity index (χ4n) is 3.20. The number of benzene rings is 1. The van der Waals surface area contributed by atoms with Gasteiger partial charge in [0.1, 0.15) is 23.3 Å². The van der Waals surface area contributed by atoms with Crippen molar-refractivity contribution in [3.8, 4) is 11.5 Å². The quantitative estimate of drug-likeness (QED) is 0.676. The van der Waals surface area contributed by atoms with Crippen LogP contribution in [0.15, 0.2) is 60.9 Å². The molecule has 1 aliphatic heterocycles. The number of aliphatic hydroxyl groups excluding tert-OH is 1. The van der Waals surface area contributed by atoms with Gasteiger partial charge in [0.15, 0.2) is 0 Å². The molecule has 0 bridgehead atoms. The van der Waals surface area contributed by atoms with E-state index >= 15 is 0 Å². The highest BCUT2D eigenvalue weighted by Crippen LogP contribution is 2.38. The number of nitrogens with zero attached hydrogens (tertiary/aromatic N) is 2. The second-order valence-corrected chi connectivity index (χ2v) is 6.91. The van der Waals surface area contributed by atoms with Crippen LogP contribution in [-0.2, 0) is 13.0 Å². The van der Waals surface area contributed by atoms with Crippen LogP contribution in [0.4, 0.5) is 0 Å². The molecule has 138 valence electrons. The lowest BCUT2D eigenvalue weighted by atomic mass is 9.88. The summed E-state index contributed by atoms with van der Waals surface area (Å²) in [6.07, 6.45) is 3.64. The van der Waals surface area contributed by atoms with Crippen molar-refractivity contribution in [2.75, 3.05) is 6.61 Å². The first-order chi connectivity index (χ1) is 13.2. The van der Waals surface area contributed by atoms with Crippen molar-refractivity contribution in [1.29, 1.82) is 0 Å². The van der Waals surface area contributed by atoms with Gasteiger partial charge in [0.2, 0.25) is 0 Å². The Morgan fingerprint density at radius 3 is 2.93 bits per heavy atom. The zero-order valence-corrected chi connectivity index (χ0v) is 15.3. The molecular formula is C21H19ClN2O3. The molecule has 0 amide bonds. The van der Waals surface area contributed by atoms with E-state index in [4.69, 9.17) is 21.1 Å². The minimum absolute atomic E-state index is 0.0356. The first kappa shape index (κ1) is 17.8. The molecule has 1 aliphatic rings. The van der Waals surface area contributed by atoms with Crippen LogP contribution in [-0.4, -0.2) is 21.7 Å². The summed E-state index contributed by atoms with van der Waals surface area (Å²) >= 11 is 5.90. The zero-order valence-electron chi connectivity index (χ0n) is 14.6. The fourth-order valence-corrected chi connectivity index (χ4v) is 3.38. The Morgan fingerprint density at radius 2 is 2.11 bits per heavy atom. The number of aliphatic hydroxyl groups is 1. The first-order valence-corrected chi connectivity index (χ1v) is 9.15. The number of hydrogen-bond donors (Lipinski definition) is 1. The number of pyridine rings is 2. The molecule has 6 heteroatoms. The maximum atomic E-state index is 10.8. The van der Waals surface area contributed by atoms with E-state index < -0.39 is 6.10 Å². The van der Waals surface area contributed by atoms with Crippen LogP contribution in [0.2, 0.25) is 5.15 Å². The van der Waals surface area contributed by atoms with Crippen LogP contribution in [0.25, 0.3) is 0 Å². The number of rotatable bonds is 5. The van der Waals surface area contributed by atoms with Crippen molar-refractivity contribution in [2.24, 2.45) is 5.92 Å². The molecule has 2 atom stereocenters. The third-order valence-electron chi connectivity index (χ3n) is 4.58. The topological polar surface area (TPSA) is 64.5 Å². The van der Waals surface area contributed by atoms with Crippen LogP contribution in [0.1, 0.15) is 22.9 Å². The van der Waals surface area contributed by atoms with E-state index in [1.807, 2.05) is 48.7 Å². The smallest absolute Gasteiger partial charge is 0.130 e. The van der Waals surface area contributed by atoms with Crippen molar-refractivity contribution in [2.45, 2.75) is 19.1 Å². The standard InChI is InChI=1S/C21H19ClN2O3/c22-20-5-1-4-16(24-20)13-26-17-6-7-19-18(10-17)21(25)15(12-27-19)9-14-3-2-8-23-11-14/h1-8,10-11,15,21,25H,9,12-13H2. The maximum absolute atomic E-state index is 10.8. The lowest BCUT2D eigenvalue weighted by Gasteiger charge is -2.30. The van der Waals surface area contributed by atoms with Gasteiger partial charge in [-0.2, -0.15) is 0 Å². The number of hydrogen-bond acceptors (Lipinski definition) is 5. The van der Waals surface area contributed by atoms with Crippen LogP contribution in [0.3, 0.4) is 0 Å². The van der Waals surface area contributed by atoms with E-state index in [2.05, 4.69) is 9.97 Å². The van der Waals surface area contributed by atoms with Crippen LogP contribution < -0.4 is 9.47 Å². The van der Waals surface area contributed by atoms with Gasteiger partial charge < -0.3 is 14.6 Å². The number of halogens is 1. The highest BCUT2D eigenvalue weighted by Gasteiger charge is 2.30. The van der Waals surface area contributed by atoms with Crippen LogP contribution in [0.5, 0.6) is 11.5 Å². The van der Waals surface area contributed by atoms with Gasteiger partial charge in [0, 0.05) is 23.9 Å². The number of fused-ring (bicyclic) bond motifs is 1. The molecular weight excluding hydrogens is 364 g/mol. The lowest BCUT2D eigenvalue weighted by Crippen LogP contribution is -2.27. The molecule has 27 heavy (non-hydrogen) atoms. The normalized spacial score (nSPS) is 18.4. The second kappa shape index (κ2) is 7.94. The summed E-state index contributed by atoms with van der Waals surface area (Å²) in [5.74, 6) is 1.31. The van der Waals surface area contributed by atoms with Gasteiger partial charge in [0.05, 0.1) is 18.4 Å². The third-order valence-corrected chi connectivity index (χ3v) is 4.79. The van der Waals surface area contributed by atoms with E-state index in [-0.39, 0.29) is 5.92 Å². The molecule has 1 N–H and O–H groups in total. The van der Waals surface area contributed by atoms with Crippen LogP contribution in [0, 0.1) is 5.92 Å². The van der Waals surface area contributed by atoms with Gasteiger partial charge in [-0.25, -0.2) is 4.98 Å². The summed E-state index contributed by atoms with van der Waals surface area (Å²) in [6.45, 7) is 0.769. The molecule has 4 rings (SSSR count). The summed E-state index contributed by atoms with van der Waals surface area (Å²) in [4.78, 5) is 8.35. The van der Waals surface area contributed by atoms with E-state index in [1.54, 1.807) is 12.3 Å². The van der Waals surface area contributed by atoms with Crippen molar-refractivity contribution >= 4 is 11.6 Å². The van der Waals surface area contributed by atoms with Crippen molar-refractivity contribution in [3.05, 3.63) is 82.9 Å². The van der Waals surface area contributed by atoms with Gasteiger partial charge in [-0.15, -0.1) is 0 Å². The van der Waals surface area contributed by atoms with Gasteiger partial charge in [-0.05, 0) is 48.4 Å². The van der Waals surface area contributed by atoms with Crippen molar-refractivity contribution in [1.82, 2.24) is 9.97 Å². The Labute approximate surface area is 162 Å². The minimum atomic E-state index is -0.623. The van der Waals surface area contributed by atoms with E-state index in [9.17, 15) is 5.11 Å². The summed E-state index contributed by atoms with van der Waals surface area (Å²) in [5, 5.41) is 11.3. The molecule has 0 spiro atoms. The molecule has 0 radical (unpaired) electrons. The van der Waals surface area contributed by atoms with E-state index in [1.165, 1.54) is 0 Å². The first-order valence-electron chi connectivity index (χ1n) is 8.77. The molecule has 3 heterocycles. The van der Waals surface area contributed by atoms with Crippen molar-refractivity contribution < 1.29 is 14.6 Å². The predicted octanol–water partition coefficient (Wildman–Crippen LogP) is 3.99. The summed E-state index contributed by atoms with van der Waals surface area (Å²) in [5.41, 5.74) is 2.56. The zero-order chi connectivity index (χ0) is 18.6. The average Bonchev–Trinajstić information content (AvgIpc) is 2.70. The molecule has 0 aliphatic carbocycles. The SMILES string of the molecule is OC1c2cc(OCc3cccc(Cl)n3)ccc2OCC1Cc1cccnc1. The molecule has 3 aromatic rings. The molecule has 0 saturated heterocycles.